The Morgan fingerprint density at radius 1 is 1.19 bits per heavy atom. The number of rotatable bonds is 5. The predicted molar refractivity (Wildman–Crippen MR) is 103 cm³/mol. The Labute approximate surface area is 160 Å². The molecule has 0 bridgehead atoms. The molecule has 0 aliphatic carbocycles. The van der Waals surface area contributed by atoms with Crippen molar-refractivity contribution in [3.63, 3.8) is 0 Å². The van der Waals surface area contributed by atoms with Gasteiger partial charge in [0, 0.05) is 30.8 Å². The van der Waals surface area contributed by atoms with E-state index in [1.165, 1.54) is 16.4 Å². The zero-order chi connectivity index (χ0) is 19.6. The Morgan fingerprint density at radius 2 is 1.81 bits per heavy atom. The van der Waals surface area contributed by atoms with Gasteiger partial charge in [0.25, 0.3) is 5.91 Å². The third-order valence-corrected chi connectivity index (χ3v) is 6.99. The van der Waals surface area contributed by atoms with Crippen molar-refractivity contribution in [3.05, 3.63) is 53.0 Å². The number of piperidine rings is 1. The van der Waals surface area contributed by atoms with Gasteiger partial charge in [-0.05, 0) is 62.9 Å². The first-order chi connectivity index (χ1) is 12.8. The minimum absolute atomic E-state index is 0.231. The number of nitrogens with one attached hydrogen (secondary N) is 1. The van der Waals surface area contributed by atoms with Gasteiger partial charge in [0.05, 0.1) is 4.90 Å². The fourth-order valence-electron chi connectivity index (χ4n) is 3.29. The summed E-state index contributed by atoms with van der Waals surface area (Å²) in [6.07, 6.45) is 1.76. The number of aryl methyl sites for hydroxylation is 2. The van der Waals surface area contributed by atoms with Crippen LogP contribution >= 0.6 is 0 Å². The zero-order valence-electron chi connectivity index (χ0n) is 16.0. The molecule has 6 nitrogen and oxygen atoms in total. The lowest BCUT2D eigenvalue weighted by Crippen LogP contribution is -2.37. The highest BCUT2D eigenvalue weighted by atomic mass is 32.2. The third-order valence-electron chi connectivity index (χ3n) is 5.08. The van der Waals surface area contributed by atoms with E-state index in [0.29, 0.717) is 31.1 Å². The summed E-state index contributed by atoms with van der Waals surface area (Å²) in [7, 11) is -3.50. The van der Waals surface area contributed by atoms with Crippen LogP contribution in [-0.2, 0) is 16.6 Å². The standard InChI is InChI=1S/C20H26N2O4S/c1-14-8-10-22(11-9-14)27(24,25)19-6-4-17(5-7-19)20(23)21-13-18-12-15(2)26-16(18)3/h4-7,12,14H,8-11,13H2,1-3H3,(H,21,23). The molecule has 1 aromatic carbocycles. The molecule has 0 spiro atoms. The summed E-state index contributed by atoms with van der Waals surface area (Å²) >= 11 is 0. The first-order valence-electron chi connectivity index (χ1n) is 9.21. The van der Waals surface area contributed by atoms with Crippen LogP contribution in [0, 0.1) is 19.8 Å². The lowest BCUT2D eigenvalue weighted by Gasteiger charge is -2.29. The molecular formula is C20H26N2O4S. The van der Waals surface area contributed by atoms with Crippen LogP contribution in [-0.4, -0.2) is 31.7 Å². The van der Waals surface area contributed by atoms with Crippen LogP contribution in [0.5, 0.6) is 0 Å². The molecule has 2 heterocycles. The summed E-state index contributed by atoms with van der Waals surface area (Å²) in [5, 5.41) is 2.84. The van der Waals surface area contributed by atoms with Crippen molar-refractivity contribution in [2.45, 2.75) is 45.1 Å². The van der Waals surface area contributed by atoms with E-state index in [1.807, 2.05) is 19.9 Å². The second-order valence-electron chi connectivity index (χ2n) is 7.23. The van der Waals surface area contributed by atoms with Gasteiger partial charge in [-0.25, -0.2) is 8.42 Å². The number of sulfonamides is 1. The fraction of sp³-hybridized carbons (Fsp3) is 0.450. The lowest BCUT2D eigenvalue weighted by atomic mass is 10.0. The maximum atomic E-state index is 12.7. The number of benzene rings is 1. The summed E-state index contributed by atoms with van der Waals surface area (Å²) < 4.78 is 32.5. The van der Waals surface area contributed by atoms with Crippen LogP contribution < -0.4 is 5.32 Å². The molecule has 2 aromatic rings. The smallest absolute Gasteiger partial charge is 0.251 e. The van der Waals surface area contributed by atoms with Crippen molar-refractivity contribution in [1.29, 1.82) is 0 Å². The Bertz CT molecular complexity index is 908. The zero-order valence-corrected chi connectivity index (χ0v) is 16.8. The summed E-state index contributed by atoms with van der Waals surface area (Å²) in [4.78, 5) is 12.6. The summed E-state index contributed by atoms with van der Waals surface area (Å²) in [5.74, 6) is 1.90. The van der Waals surface area contributed by atoms with E-state index < -0.39 is 10.0 Å². The van der Waals surface area contributed by atoms with Gasteiger partial charge < -0.3 is 9.73 Å². The van der Waals surface area contributed by atoms with E-state index >= 15 is 0 Å². The SMILES string of the molecule is Cc1cc(CNC(=O)c2ccc(S(=O)(=O)N3CCC(C)CC3)cc2)c(C)o1. The quantitative estimate of drug-likeness (QED) is 0.850. The Kier molecular flexibility index (Phi) is 5.72. The average Bonchev–Trinajstić information content (AvgIpc) is 2.97. The van der Waals surface area contributed by atoms with E-state index in [1.54, 1.807) is 12.1 Å². The Balaban J connectivity index is 1.65. The van der Waals surface area contributed by atoms with Crippen molar-refractivity contribution in [3.8, 4) is 0 Å². The van der Waals surface area contributed by atoms with Gasteiger partial charge in [-0.3, -0.25) is 4.79 Å². The summed E-state index contributed by atoms with van der Waals surface area (Å²) in [6, 6.07) is 8.03. The number of hydrogen-bond donors (Lipinski definition) is 1. The van der Waals surface area contributed by atoms with Crippen molar-refractivity contribution in [2.24, 2.45) is 5.92 Å². The molecule has 1 amide bonds. The first kappa shape index (κ1) is 19.6. The molecule has 0 radical (unpaired) electrons. The van der Waals surface area contributed by atoms with Gasteiger partial charge in [0.15, 0.2) is 0 Å². The van der Waals surface area contributed by atoms with Gasteiger partial charge in [0.2, 0.25) is 10.0 Å². The Morgan fingerprint density at radius 3 is 2.37 bits per heavy atom. The van der Waals surface area contributed by atoms with Gasteiger partial charge in [-0.2, -0.15) is 4.31 Å². The fourth-order valence-corrected chi connectivity index (χ4v) is 4.76. The second-order valence-corrected chi connectivity index (χ2v) is 9.17. The number of amides is 1. The molecule has 3 rings (SSSR count). The molecule has 1 aromatic heterocycles. The minimum atomic E-state index is -3.50. The predicted octanol–water partition coefficient (Wildman–Crippen LogP) is 3.25. The summed E-state index contributed by atoms with van der Waals surface area (Å²) in [5.41, 5.74) is 1.36. The molecule has 27 heavy (non-hydrogen) atoms. The van der Waals surface area contributed by atoms with Crippen LogP contribution in [0.2, 0.25) is 0 Å². The van der Waals surface area contributed by atoms with Crippen LogP contribution in [0.1, 0.15) is 47.2 Å². The largest absolute Gasteiger partial charge is 0.466 e. The van der Waals surface area contributed by atoms with Crippen LogP contribution in [0.4, 0.5) is 0 Å². The van der Waals surface area contributed by atoms with Gasteiger partial charge in [0.1, 0.15) is 11.5 Å². The van der Waals surface area contributed by atoms with Gasteiger partial charge in [-0.15, -0.1) is 0 Å². The van der Waals surface area contributed by atoms with Crippen LogP contribution in [0.3, 0.4) is 0 Å². The molecule has 146 valence electrons. The monoisotopic (exact) mass is 390 g/mol. The Hall–Kier alpha value is -2.12. The maximum Gasteiger partial charge on any atom is 0.251 e. The summed E-state index contributed by atoms with van der Waals surface area (Å²) in [6.45, 7) is 7.33. The van der Waals surface area contributed by atoms with Crippen molar-refractivity contribution >= 4 is 15.9 Å². The highest BCUT2D eigenvalue weighted by Gasteiger charge is 2.28. The number of hydrogen-bond acceptors (Lipinski definition) is 4. The second kappa shape index (κ2) is 7.86. The number of furan rings is 1. The molecule has 1 aliphatic heterocycles. The molecule has 0 saturated carbocycles. The molecule has 0 atom stereocenters. The highest BCUT2D eigenvalue weighted by Crippen LogP contribution is 2.23. The minimum Gasteiger partial charge on any atom is -0.466 e. The van der Waals surface area contributed by atoms with Gasteiger partial charge in [-0.1, -0.05) is 6.92 Å². The van der Waals surface area contributed by atoms with E-state index in [4.69, 9.17) is 4.42 Å². The topological polar surface area (TPSA) is 79.6 Å². The van der Waals surface area contributed by atoms with E-state index in [2.05, 4.69) is 12.2 Å². The molecule has 1 saturated heterocycles. The van der Waals surface area contributed by atoms with Crippen LogP contribution in [0.15, 0.2) is 39.6 Å². The first-order valence-corrected chi connectivity index (χ1v) is 10.7. The van der Waals surface area contributed by atoms with E-state index in [-0.39, 0.29) is 10.8 Å². The van der Waals surface area contributed by atoms with Crippen LogP contribution in [0.25, 0.3) is 0 Å². The molecule has 1 fully saturated rings. The average molecular weight is 391 g/mol. The molecular weight excluding hydrogens is 364 g/mol. The lowest BCUT2D eigenvalue weighted by molar-refractivity contribution is 0.0950. The van der Waals surface area contributed by atoms with Crippen molar-refractivity contribution in [2.75, 3.05) is 13.1 Å². The van der Waals surface area contributed by atoms with E-state index in [9.17, 15) is 13.2 Å². The van der Waals surface area contributed by atoms with E-state index in [0.717, 1.165) is 29.9 Å². The van der Waals surface area contributed by atoms with Crippen molar-refractivity contribution < 1.29 is 17.6 Å². The normalized spacial score (nSPS) is 16.4. The maximum absolute atomic E-state index is 12.7. The molecule has 0 unspecified atom stereocenters. The highest BCUT2D eigenvalue weighted by molar-refractivity contribution is 7.89. The number of carbonyl (C=O) groups is 1. The molecule has 1 aliphatic rings. The van der Waals surface area contributed by atoms with Crippen molar-refractivity contribution in [1.82, 2.24) is 9.62 Å². The third kappa shape index (κ3) is 4.42. The molecule has 7 heteroatoms. The number of nitrogens with zero attached hydrogens (tertiary/aromatic N) is 1. The van der Waals surface area contributed by atoms with Gasteiger partial charge >= 0.3 is 0 Å². The number of carbonyl (C=O) groups excluding carboxylic acids is 1. The molecule has 1 N–H and O–H groups in total.